The highest BCUT2D eigenvalue weighted by molar-refractivity contribution is 5.67. The summed E-state index contributed by atoms with van der Waals surface area (Å²) in [6.07, 6.45) is -1.39. The van der Waals surface area contributed by atoms with Gasteiger partial charge in [0.1, 0.15) is 19.0 Å². The summed E-state index contributed by atoms with van der Waals surface area (Å²) in [7, 11) is 0. The maximum atomic E-state index is 11.8. The Hall–Kier alpha value is -3.31. The third-order valence-electron chi connectivity index (χ3n) is 4.17. The molecule has 1 atom stereocenters. The van der Waals surface area contributed by atoms with Gasteiger partial charge < -0.3 is 19.9 Å². The molecule has 0 aliphatic heterocycles. The van der Waals surface area contributed by atoms with E-state index in [-0.39, 0.29) is 13.2 Å². The lowest BCUT2D eigenvalue weighted by Gasteiger charge is -2.13. The number of ether oxygens (including phenoxy) is 2. The van der Waals surface area contributed by atoms with Gasteiger partial charge in [-0.2, -0.15) is 0 Å². The molecule has 3 rings (SSSR count). The van der Waals surface area contributed by atoms with E-state index in [1.54, 1.807) is 24.3 Å². The van der Waals surface area contributed by atoms with Crippen molar-refractivity contribution in [2.24, 2.45) is 0 Å². The van der Waals surface area contributed by atoms with Gasteiger partial charge in [0.25, 0.3) is 0 Å². The van der Waals surface area contributed by atoms with Gasteiger partial charge in [-0.25, -0.2) is 4.79 Å². The first kappa shape index (κ1) is 19.5. The van der Waals surface area contributed by atoms with Crippen LogP contribution in [0.3, 0.4) is 0 Å². The summed E-state index contributed by atoms with van der Waals surface area (Å²) >= 11 is 0. The van der Waals surface area contributed by atoms with Crippen molar-refractivity contribution >= 4 is 6.09 Å². The van der Waals surface area contributed by atoms with Gasteiger partial charge >= 0.3 is 6.09 Å². The summed E-state index contributed by atoms with van der Waals surface area (Å²) in [6.45, 7) is 0.742. The monoisotopic (exact) mass is 377 g/mol. The predicted octanol–water partition coefficient (Wildman–Crippen LogP) is 4.23. The molecule has 144 valence electrons. The minimum Gasteiger partial charge on any atom is -0.489 e. The summed E-state index contributed by atoms with van der Waals surface area (Å²) in [6, 6.07) is 26.5. The normalized spacial score (nSPS) is 11.5. The van der Waals surface area contributed by atoms with Crippen LogP contribution in [0.15, 0.2) is 84.9 Å². The molecule has 0 fully saturated rings. The Morgan fingerprint density at radius 3 is 2.00 bits per heavy atom. The fourth-order valence-electron chi connectivity index (χ4n) is 2.60. The topological polar surface area (TPSA) is 67.8 Å². The molecule has 0 aliphatic rings. The van der Waals surface area contributed by atoms with Gasteiger partial charge in [0.2, 0.25) is 0 Å². The highest BCUT2D eigenvalue weighted by Gasteiger charge is 2.10. The number of benzene rings is 3. The Bertz CT molecular complexity index is 851. The van der Waals surface area contributed by atoms with Gasteiger partial charge in [-0.1, -0.05) is 72.8 Å². The maximum absolute atomic E-state index is 11.8. The van der Waals surface area contributed by atoms with Gasteiger partial charge in [-0.3, -0.25) is 0 Å². The first-order valence-electron chi connectivity index (χ1n) is 9.10. The van der Waals surface area contributed by atoms with Crippen molar-refractivity contribution in [3.63, 3.8) is 0 Å². The molecule has 5 heteroatoms. The first-order chi connectivity index (χ1) is 13.7. The Kier molecular flexibility index (Phi) is 7.04. The Balaban J connectivity index is 1.41. The number of amides is 1. The SMILES string of the molecule is O=C(NCC(O)c1ccc(OCc2ccccc2)cc1)OCc1ccccc1. The number of alkyl carbamates (subject to hydrolysis) is 1. The number of rotatable bonds is 8. The van der Waals surface area contributed by atoms with Crippen LogP contribution in [0.5, 0.6) is 5.75 Å². The van der Waals surface area contributed by atoms with Crippen molar-refractivity contribution in [3.05, 3.63) is 102 Å². The zero-order valence-electron chi connectivity index (χ0n) is 15.5. The lowest BCUT2D eigenvalue weighted by atomic mass is 10.1. The highest BCUT2D eigenvalue weighted by atomic mass is 16.5. The number of hydrogen-bond donors (Lipinski definition) is 2. The van der Waals surface area contributed by atoms with Gasteiger partial charge in [-0.15, -0.1) is 0 Å². The molecule has 0 heterocycles. The van der Waals surface area contributed by atoms with Crippen LogP contribution >= 0.6 is 0 Å². The lowest BCUT2D eigenvalue weighted by Crippen LogP contribution is -2.28. The van der Waals surface area contributed by atoms with Crippen LogP contribution in [0.1, 0.15) is 22.8 Å². The summed E-state index contributed by atoms with van der Waals surface area (Å²) < 4.78 is 10.9. The largest absolute Gasteiger partial charge is 0.489 e. The average molecular weight is 377 g/mol. The zero-order valence-corrected chi connectivity index (χ0v) is 15.5. The van der Waals surface area contributed by atoms with Crippen LogP contribution in [-0.4, -0.2) is 17.7 Å². The van der Waals surface area contributed by atoms with Gasteiger partial charge in [0.05, 0.1) is 12.6 Å². The predicted molar refractivity (Wildman–Crippen MR) is 107 cm³/mol. The third-order valence-corrected chi connectivity index (χ3v) is 4.17. The van der Waals surface area contributed by atoms with E-state index >= 15 is 0 Å². The van der Waals surface area contributed by atoms with Gasteiger partial charge in [0.15, 0.2) is 0 Å². The molecule has 0 spiro atoms. The summed E-state index contributed by atoms with van der Waals surface area (Å²) in [5.74, 6) is 0.718. The summed E-state index contributed by atoms with van der Waals surface area (Å²) in [4.78, 5) is 11.8. The molecule has 0 bridgehead atoms. The molecule has 5 nitrogen and oxygen atoms in total. The molecule has 28 heavy (non-hydrogen) atoms. The standard InChI is InChI=1S/C23H23NO4/c25-22(15-24-23(26)28-17-19-9-5-2-6-10-19)20-11-13-21(14-12-20)27-16-18-7-3-1-4-8-18/h1-14,22,25H,15-17H2,(H,24,26). The highest BCUT2D eigenvalue weighted by Crippen LogP contribution is 2.18. The third kappa shape index (κ3) is 6.14. The molecular weight excluding hydrogens is 354 g/mol. The minimum atomic E-state index is -0.826. The number of aliphatic hydroxyl groups is 1. The number of carbonyl (C=O) groups is 1. The Morgan fingerprint density at radius 2 is 1.39 bits per heavy atom. The molecule has 2 N–H and O–H groups in total. The van der Waals surface area contributed by atoms with Crippen LogP contribution in [-0.2, 0) is 18.0 Å². The van der Waals surface area contributed by atoms with E-state index in [1.165, 1.54) is 0 Å². The molecule has 3 aromatic rings. The van der Waals surface area contributed by atoms with E-state index in [2.05, 4.69) is 5.32 Å². The van der Waals surface area contributed by atoms with Crippen LogP contribution < -0.4 is 10.1 Å². The van der Waals surface area contributed by atoms with Crippen molar-refractivity contribution in [2.45, 2.75) is 19.3 Å². The second-order valence-corrected chi connectivity index (χ2v) is 6.30. The van der Waals surface area contributed by atoms with Crippen molar-refractivity contribution in [1.82, 2.24) is 5.32 Å². The van der Waals surface area contributed by atoms with Crippen molar-refractivity contribution in [1.29, 1.82) is 0 Å². The quantitative estimate of drug-likeness (QED) is 0.617. The van der Waals surface area contributed by atoms with Crippen molar-refractivity contribution in [3.8, 4) is 5.75 Å². The number of hydrogen-bond acceptors (Lipinski definition) is 4. The molecule has 1 unspecified atom stereocenters. The van der Waals surface area contributed by atoms with E-state index in [0.29, 0.717) is 12.2 Å². The second-order valence-electron chi connectivity index (χ2n) is 6.30. The van der Waals surface area contributed by atoms with E-state index in [9.17, 15) is 9.90 Å². The number of carbonyl (C=O) groups excluding carboxylic acids is 1. The van der Waals surface area contributed by atoms with Crippen LogP contribution in [0.4, 0.5) is 4.79 Å². The first-order valence-corrected chi connectivity index (χ1v) is 9.10. The number of aliphatic hydroxyl groups excluding tert-OH is 1. The van der Waals surface area contributed by atoms with E-state index in [4.69, 9.17) is 9.47 Å². The molecule has 0 aliphatic carbocycles. The fourth-order valence-corrected chi connectivity index (χ4v) is 2.60. The average Bonchev–Trinajstić information content (AvgIpc) is 2.76. The van der Waals surface area contributed by atoms with Crippen molar-refractivity contribution < 1.29 is 19.4 Å². The van der Waals surface area contributed by atoms with Gasteiger partial charge in [0, 0.05) is 0 Å². The lowest BCUT2D eigenvalue weighted by molar-refractivity contribution is 0.126. The fraction of sp³-hybridized carbons (Fsp3) is 0.174. The minimum absolute atomic E-state index is 0.0673. The maximum Gasteiger partial charge on any atom is 0.407 e. The van der Waals surface area contributed by atoms with Crippen LogP contribution in [0, 0.1) is 0 Å². The second kappa shape index (κ2) is 10.1. The Morgan fingerprint density at radius 1 is 0.821 bits per heavy atom. The molecule has 1 amide bonds. The van der Waals surface area contributed by atoms with E-state index < -0.39 is 12.2 Å². The smallest absolute Gasteiger partial charge is 0.407 e. The molecule has 0 saturated carbocycles. The molecular formula is C23H23NO4. The molecule has 0 radical (unpaired) electrons. The van der Waals surface area contributed by atoms with E-state index in [1.807, 2.05) is 60.7 Å². The number of nitrogens with one attached hydrogen (secondary N) is 1. The Labute approximate surface area is 164 Å². The van der Waals surface area contributed by atoms with Crippen LogP contribution in [0.25, 0.3) is 0 Å². The summed E-state index contributed by atoms with van der Waals surface area (Å²) in [5, 5.41) is 12.8. The summed E-state index contributed by atoms with van der Waals surface area (Å²) in [5.41, 5.74) is 2.68. The molecule has 3 aromatic carbocycles. The zero-order chi connectivity index (χ0) is 19.6. The van der Waals surface area contributed by atoms with Crippen molar-refractivity contribution in [2.75, 3.05) is 6.54 Å². The molecule has 0 saturated heterocycles. The van der Waals surface area contributed by atoms with Gasteiger partial charge in [-0.05, 0) is 28.8 Å². The van der Waals surface area contributed by atoms with E-state index in [0.717, 1.165) is 16.9 Å². The molecule has 0 aromatic heterocycles. The van der Waals surface area contributed by atoms with Crippen LogP contribution in [0.2, 0.25) is 0 Å².